The topological polar surface area (TPSA) is 20.3 Å². The van der Waals surface area contributed by atoms with Gasteiger partial charge in [-0.25, -0.2) is 0 Å². The molecule has 0 radical (unpaired) electrons. The van der Waals surface area contributed by atoms with Crippen LogP contribution in [0.15, 0.2) is 36.4 Å². The molecule has 0 aromatic heterocycles. The van der Waals surface area contributed by atoms with Crippen molar-refractivity contribution in [2.24, 2.45) is 0 Å². The van der Waals surface area contributed by atoms with Crippen LogP contribution in [0, 0.1) is 0 Å². The number of benzene rings is 2. The Kier molecular flexibility index (Phi) is 5.21. The van der Waals surface area contributed by atoms with Gasteiger partial charge in [0.25, 0.3) is 0 Å². The molecule has 2 aromatic carbocycles. The van der Waals surface area contributed by atoms with Gasteiger partial charge in [-0.15, -0.1) is 0 Å². The van der Waals surface area contributed by atoms with Gasteiger partial charge in [0.2, 0.25) is 0 Å². The normalized spacial score (nSPS) is 28.9. The summed E-state index contributed by atoms with van der Waals surface area (Å²) in [6, 6.07) is 13.6. The second-order valence-electron chi connectivity index (χ2n) is 9.51. The summed E-state index contributed by atoms with van der Waals surface area (Å²) in [6.07, 6.45) is 12.0. The molecule has 1 fully saturated rings. The standard InChI is InChI=1S/C26H34NOP/c1-27(2)29(28)25(23-15-7-11-19-9-3-5-13-21(19)23)17-18-26(29)24-16-8-12-20-10-4-6-14-22(20)24/h7-8,11-12,15-16,25-26H,3-6,9-10,13-14,17-18H2,1-2H3. The van der Waals surface area contributed by atoms with Crippen molar-refractivity contribution in [3.8, 4) is 0 Å². The Labute approximate surface area is 176 Å². The second-order valence-corrected chi connectivity index (χ2v) is 12.9. The lowest BCUT2D eigenvalue weighted by Gasteiger charge is -2.35. The van der Waals surface area contributed by atoms with Gasteiger partial charge >= 0.3 is 0 Å². The van der Waals surface area contributed by atoms with Crippen LogP contribution in [-0.2, 0) is 30.2 Å². The molecule has 3 heteroatoms. The van der Waals surface area contributed by atoms with E-state index in [-0.39, 0.29) is 11.3 Å². The molecule has 0 spiro atoms. The van der Waals surface area contributed by atoms with E-state index in [1.54, 1.807) is 0 Å². The third kappa shape index (κ3) is 3.15. The maximum atomic E-state index is 14.9. The van der Waals surface area contributed by atoms with Crippen LogP contribution in [0.4, 0.5) is 0 Å². The van der Waals surface area contributed by atoms with E-state index in [4.69, 9.17) is 0 Å². The molecule has 1 aliphatic heterocycles. The van der Waals surface area contributed by atoms with Crippen LogP contribution in [0.5, 0.6) is 0 Å². The van der Waals surface area contributed by atoms with Crippen molar-refractivity contribution in [2.75, 3.05) is 14.1 Å². The van der Waals surface area contributed by atoms with Crippen LogP contribution >= 0.6 is 7.29 Å². The van der Waals surface area contributed by atoms with Gasteiger partial charge in [0, 0.05) is 0 Å². The molecular weight excluding hydrogens is 373 g/mol. The van der Waals surface area contributed by atoms with Crippen LogP contribution in [-0.4, -0.2) is 18.8 Å². The van der Waals surface area contributed by atoms with Crippen LogP contribution in [0.25, 0.3) is 0 Å². The maximum Gasteiger partial charge on any atom is 0.164 e. The molecule has 1 heterocycles. The smallest absolute Gasteiger partial charge is 0.164 e. The Morgan fingerprint density at radius 2 is 1.17 bits per heavy atom. The van der Waals surface area contributed by atoms with Gasteiger partial charge in [-0.3, -0.25) is 4.67 Å². The molecule has 0 amide bonds. The molecule has 1 saturated heterocycles. The Balaban J connectivity index is 1.60. The lowest BCUT2D eigenvalue weighted by molar-refractivity contribution is 0.501. The van der Waals surface area contributed by atoms with Crippen LogP contribution in [0.2, 0.25) is 0 Å². The number of hydrogen-bond acceptors (Lipinski definition) is 1. The number of rotatable bonds is 3. The van der Waals surface area contributed by atoms with E-state index in [0.717, 1.165) is 12.8 Å². The summed E-state index contributed by atoms with van der Waals surface area (Å²) in [6.45, 7) is 0. The van der Waals surface area contributed by atoms with Gasteiger partial charge in [0.15, 0.2) is 7.29 Å². The minimum Gasteiger partial charge on any atom is -0.305 e. The summed E-state index contributed by atoms with van der Waals surface area (Å²) in [5.41, 5.74) is 9.28. The average Bonchev–Trinajstić information content (AvgIpc) is 3.11. The fourth-order valence-corrected chi connectivity index (χ4v) is 10.3. The summed E-state index contributed by atoms with van der Waals surface area (Å²) >= 11 is 0. The van der Waals surface area contributed by atoms with Crippen molar-refractivity contribution < 1.29 is 4.57 Å². The number of fused-ring (bicyclic) bond motifs is 2. The summed E-state index contributed by atoms with van der Waals surface area (Å²) in [7, 11) is 1.57. The van der Waals surface area contributed by atoms with Gasteiger partial charge in [0.05, 0.1) is 11.3 Å². The zero-order valence-corrected chi connectivity index (χ0v) is 18.9. The first-order chi connectivity index (χ1) is 14.1. The number of hydrogen-bond donors (Lipinski definition) is 0. The van der Waals surface area contributed by atoms with Crippen molar-refractivity contribution in [1.29, 1.82) is 0 Å². The second kappa shape index (κ2) is 7.71. The predicted octanol–water partition coefficient (Wildman–Crippen LogP) is 6.86. The van der Waals surface area contributed by atoms with Gasteiger partial charge in [-0.2, -0.15) is 0 Å². The van der Waals surface area contributed by atoms with Gasteiger partial charge in [-0.05, 0) is 112 Å². The molecule has 2 nitrogen and oxygen atoms in total. The van der Waals surface area contributed by atoms with Crippen molar-refractivity contribution >= 4 is 7.29 Å². The highest BCUT2D eigenvalue weighted by molar-refractivity contribution is 7.62. The molecule has 2 aromatic rings. The zero-order chi connectivity index (χ0) is 20.0. The number of aryl methyl sites for hydroxylation is 2. The molecule has 0 N–H and O–H groups in total. The monoisotopic (exact) mass is 407 g/mol. The van der Waals surface area contributed by atoms with Crippen molar-refractivity contribution in [3.63, 3.8) is 0 Å². The number of nitrogens with zero attached hydrogens (tertiary/aromatic N) is 1. The summed E-state index contributed by atoms with van der Waals surface area (Å²) in [5, 5.41) is 0. The van der Waals surface area contributed by atoms with E-state index in [1.807, 2.05) is 0 Å². The molecule has 5 rings (SSSR count). The Morgan fingerprint density at radius 3 is 1.62 bits per heavy atom. The van der Waals surface area contributed by atoms with E-state index in [1.165, 1.54) is 84.7 Å². The highest BCUT2D eigenvalue weighted by Crippen LogP contribution is 2.77. The molecule has 0 saturated carbocycles. The molecule has 2 atom stereocenters. The largest absolute Gasteiger partial charge is 0.305 e. The fourth-order valence-electron chi connectivity index (χ4n) is 6.42. The first kappa shape index (κ1) is 19.6. The van der Waals surface area contributed by atoms with Crippen molar-refractivity contribution in [2.45, 2.75) is 75.5 Å². The summed E-state index contributed by atoms with van der Waals surface area (Å²) in [4.78, 5) is 0. The lowest BCUT2D eigenvalue weighted by Crippen LogP contribution is -2.18. The first-order valence-corrected chi connectivity index (χ1v) is 13.4. The molecule has 3 aliphatic rings. The Bertz CT molecular complexity index is 892. The fraction of sp³-hybridized carbons (Fsp3) is 0.538. The SMILES string of the molecule is CN(C)P1(=O)C(c2cccc3c2CCCC3)CCC1c1cccc2c1CCCC2. The average molecular weight is 408 g/mol. The van der Waals surface area contributed by atoms with E-state index in [9.17, 15) is 4.57 Å². The molecule has 2 unspecified atom stereocenters. The highest BCUT2D eigenvalue weighted by Gasteiger charge is 2.50. The molecule has 154 valence electrons. The third-order valence-corrected chi connectivity index (χ3v) is 11.9. The van der Waals surface area contributed by atoms with E-state index in [2.05, 4.69) is 55.2 Å². The van der Waals surface area contributed by atoms with Gasteiger partial charge in [-0.1, -0.05) is 36.4 Å². The zero-order valence-electron chi connectivity index (χ0n) is 18.0. The van der Waals surface area contributed by atoms with Crippen LogP contribution < -0.4 is 0 Å². The molecule has 2 aliphatic carbocycles. The van der Waals surface area contributed by atoms with Gasteiger partial charge in [0.1, 0.15) is 0 Å². The summed E-state index contributed by atoms with van der Waals surface area (Å²) < 4.78 is 17.0. The van der Waals surface area contributed by atoms with Crippen molar-refractivity contribution in [3.05, 3.63) is 69.8 Å². The lowest BCUT2D eigenvalue weighted by atomic mass is 9.85. The minimum absolute atomic E-state index is 0.190. The van der Waals surface area contributed by atoms with Crippen molar-refractivity contribution in [1.82, 2.24) is 4.67 Å². The maximum absolute atomic E-state index is 14.9. The van der Waals surface area contributed by atoms with Crippen LogP contribution in [0.1, 0.15) is 83.2 Å². The van der Waals surface area contributed by atoms with E-state index >= 15 is 0 Å². The Hall–Kier alpha value is -1.37. The Morgan fingerprint density at radius 1 is 0.724 bits per heavy atom. The van der Waals surface area contributed by atoms with E-state index in [0.29, 0.717) is 0 Å². The molecule has 0 bridgehead atoms. The third-order valence-electron chi connectivity index (χ3n) is 7.81. The quantitative estimate of drug-likeness (QED) is 0.518. The highest BCUT2D eigenvalue weighted by atomic mass is 31.2. The predicted molar refractivity (Wildman–Crippen MR) is 122 cm³/mol. The molecule has 29 heavy (non-hydrogen) atoms. The van der Waals surface area contributed by atoms with Crippen LogP contribution in [0.3, 0.4) is 0 Å². The molecular formula is C26H34NOP. The minimum atomic E-state index is -2.57. The van der Waals surface area contributed by atoms with Gasteiger partial charge < -0.3 is 4.57 Å². The first-order valence-electron chi connectivity index (χ1n) is 11.6. The van der Waals surface area contributed by atoms with E-state index < -0.39 is 7.29 Å². The summed E-state index contributed by atoms with van der Waals surface area (Å²) in [5.74, 6) is 0.